The highest BCUT2D eigenvalue weighted by Crippen LogP contribution is 2.41. The molecule has 1 aliphatic carbocycles. The van der Waals surface area contributed by atoms with Gasteiger partial charge in [0.2, 0.25) is 5.43 Å². The number of pyridine rings is 1. The number of aromatic nitrogens is 1. The summed E-state index contributed by atoms with van der Waals surface area (Å²) in [4.78, 5) is 28.1. The van der Waals surface area contributed by atoms with Crippen molar-refractivity contribution in [3.05, 3.63) is 39.7 Å². The molecule has 0 unspecified atom stereocenters. The first-order valence-electron chi connectivity index (χ1n) is 10.1. The van der Waals surface area contributed by atoms with Crippen molar-refractivity contribution in [3.63, 3.8) is 0 Å². The minimum Gasteiger partial charge on any atom is -0.477 e. The summed E-state index contributed by atoms with van der Waals surface area (Å²) in [7, 11) is 2.05. The van der Waals surface area contributed by atoms with Crippen LogP contribution >= 0.6 is 0 Å². The van der Waals surface area contributed by atoms with Crippen molar-refractivity contribution in [1.29, 1.82) is 0 Å². The number of piperidine rings is 1. The van der Waals surface area contributed by atoms with E-state index >= 15 is 8.78 Å². The molecule has 2 saturated heterocycles. The van der Waals surface area contributed by atoms with Crippen molar-refractivity contribution in [2.75, 3.05) is 31.6 Å². The average Bonchev–Trinajstić information content (AvgIpc) is 3.42. The van der Waals surface area contributed by atoms with Crippen LogP contribution in [0.2, 0.25) is 0 Å². The molecule has 3 aliphatic rings. The Hall–Kier alpha value is -2.48. The van der Waals surface area contributed by atoms with Crippen LogP contribution < -0.4 is 10.3 Å². The van der Waals surface area contributed by atoms with Gasteiger partial charge >= 0.3 is 5.97 Å². The number of halogens is 2. The minimum absolute atomic E-state index is 0.0159. The van der Waals surface area contributed by atoms with E-state index in [-0.39, 0.29) is 28.7 Å². The van der Waals surface area contributed by atoms with Crippen LogP contribution in [0, 0.1) is 17.6 Å². The van der Waals surface area contributed by atoms with E-state index in [1.54, 1.807) is 4.90 Å². The molecule has 3 fully saturated rings. The van der Waals surface area contributed by atoms with Gasteiger partial charge < -0.3 is 19.5 Å². The van der Waals surface area contributed by atoms with Gasteiger partial charge in [0.1, 0.15) is 17.1 Å². The second-order valence-electron chi connectivity index (χ2n) is 8.59. The predicted molar refractivity (Wildman–Crippen MR) is 105 cm³/mol. The van der Waals surface area contributed by atoms with Crippen molar-refractivity contribution in [1.82, 2.24) is 9.47 Å². The molecule has 1 saturated carbocycles. The number of carbonyl (C=O) groups is 1. The first-order valence-corrected chi connectivity index (χ1v) is 10.1. The molecule has 2 aliphatic heterocycles. The summed E-state index contributed by atoms with van der Waals surface area (Å²) in [6, 6.07) is 1.22. The fourth-order valence-corrected chi connectivity index (χ4v) is 5.10. The number of aromatic carboxylic acids is 1. The van der Waals surface area contributed by atoms with E-state index in [0.29, 0.717) is 19.0 Å². The molecule has 0 spiro atoms. The molecule has 1 aromatic heterocycles. The summed E-state index contributed by atoms with van der Waals surface area (Å²) in [6.07, 6.45) is 4.89. The molecule has 2 atom stereocenters. The molecule has 2 aromatic rings. The fraction of sp³-hybridized carbons (Fsp3) is 0.524. The second-order valence-corrected chi connectivity index (χ2v) is 8.59. The molecule has 0 amide bonds. The largest absolute Gasteiger partial charge is 0.477 e. The Kier molecular flexibility index (Phi) is 4.17. The van der Waals surface area contributed by atoms with E-state index in [4.69, 9.17) is 0 Å². The second kappa shape index (κ2) is 6.52. The number of likely N-dealkylation sites (N-methyl/N-ethyl adjacent to an activating group) is 1. The molecule has 29 heavy (non-hydrogen) atoms. The van der Waals surface area contributed by atoms with E-state index in [1.807, 2.05) is 7.05 Å². The molecule has 154 valence electrons. The van der Waals surface area contributed by atoms with Crippen LogP contribution in [0.1, 0.15) is 42.1 Å². The molecule has 0 bridgehead atoms. The lowest BCUT2D eigenvalue weighted by atomic mass is 9.93. The Bertz CT molecular complexity index is 1080. The fourth-order valence-electron chi connectivity index (χ4n) is 5.10. The Morgan fingerprint density at radius 1 is 1.21 bits per heavy atom. The summed E-state index contributed by atoms with van der Waals surface area (Å²) >= 11 is 0. The molecule has 1 aromatic carbocycles. The topological polar surface area (TPSA) is 65.8 Å². The number of benzene rings is 1. The average molecular weight is 403 g/mol. The number of fused-ring (bicyclic) bond motifs is 2. The quantitative estimate of drug-likeness (QED) is 0.854. The van der Waals surface area contributed by atoms with Gasteiger partial charge in [-0.05, 0) is 51.3 Å². The highest BCUT2D eigenvalue weighted by molar-refractivity contribution is 5.94. The van der Waals surface area contributed by atoms with E-state index in [9.17, 15) is 14.7 Å². The van der Waals surface area contributed by atoms with Gasteiger partial charge in [-0.25, -0.2) is 13.6 Å². The number of hydrogen-bond donors (Lipinski definition) is 1. The third-order valence-electron chi connectivity index (χ3n) is 6.73. The van der Waals surface area contributed by atoms with Crippen LogP contribution in [0.3, 0.4) is 0 Å². The minimum atomic E-state index is -1.39. The number of hydrogen-bond acceptors (Lipinski definition) is 4. The van der Waals surface area contributed by atoms with Gasteiger partial charge in [0.15, 0.2) is 5.82 Å². The molecule has 6 nitrogen and oxygen atoms in total. The van der Waals surface area contributed by atoms with E-state index in [1.165, 1.54) is 10.8 Å². The van der Waals surface area contributed by atoms with Crippen LogP contribution in [-0.2, 0) is 0 Å². The Balaban J connectivity index is 1.68. The van der Waals surface area contributed by atoms with Crippen LogP contribution in [-0.4, -0.2) is 53.3 Å². The van der Waals surface area contributed by atoms with Gasteiger partial charge in [-0.1, -0.05) is 0 Å². The molecule has 3 heterocycles. The zero-order valence-corrected chi connectivity index (χ0v) is 16.2. The van der Waals surface area contributed by atoms with Crippen LogP contribution in [0.4, 0.5) is 14.5 Å². The zero-order valence-electron chi connectivity index (χ0n) is 16.2. The highest BCUT2D eigenvalue weighted by Gasteiger charge is 2.40. The lowest BCUT2D eigenvalue weighted by Gasteiger charge is -2.33. The molecule has 5 rings (SSSR count). The van der Waals surface area contributed by atoms with Gasteiger partial charge in [0, 0.05) is 31.4 Å². The van der Waals surface area contributed by atoms with Crippen molar-refractivity contribution < 1.29 is 18.7 Å². The molecule has 8 heteroatoms. The lowest BCUT2D eigenvalue weighted by Crippen LogP contribution is -2.42. The van der Waals surface area contributed by atoms with Crippen LogP contribution in [0.25, 0.3) is 10.9 Å². The molecule has 0 radical (unpaired) electrons. The standard InChI is InChI=1S/C21H23F2N3O3/c1-24-6-2-3-11-8-25(10-16(11)24)19-15(22)7-13-18(17(19)23)26(12-4-5-12)9-14(20(13)27)21(28)29/h7,9,11-12,16H,2-6,8,10H2,1H3,(H,28,29)/t11-,16+/m1/s1. The Morgan fingerprint density at radius 3 is 2.62 bits per heavy atom. The summed E-state index contributed by atoms with van der Waals surface area (Å²) in [5, 5.41) is 9.14. The van der Waals surface area contributed by atoms with Gasteiger partial charge in [0.25, 0.3) is 0 Å². The van der Waals surface area contributed by atoms with E-state index in [0.717, 1.165) is 38.3 Å². The number of carboxylic acid groups (broad SMARTS) is 1. The maximum Gasteiger partial charge on any atom is 0.341 e. The Labute approximate surface area is 166 Å². The van der Waals surface area contributed by atoms with Gasteiger partial charge in [0.05, 0.1) is 10.9 Å². The maximum absolute atomic E-state index is 15.7. The predicted octanol–water partition coefficient (Wildman–Crippen LogP) is 2.84. The molecular weight excluding hydrogens is 380 g/mol. The molecular formula is C21H23F2N3O3. The van der Waals surface area contributed by atoms with Gasteiger partial charge in [-0.2, -0.15) is 0 Å². The van der Waals surface area contributed by atoms with Crippen molar-refractivity contribution in [2.24, 2.45) is 5.92 Å². The maximum atomic E-state index is 15.7. The first kappa shape index (κ1) is 18.5. The first-order chi connectivity index (χ1) is 13.9. The summed E-state index contributed by atoms with van der Waals surface area (Å²) < 4.78 is 32.3. The van der Waals surface area contributed by atoms with E-state index < -0.39 is 28.6 Å². The number of carboxylic acids is 1. The number of likely N-dealkylation sites (tertiary alicyclic amines) is 1. The van der Waals surface area contributed by atoms with Gasteiger partial charge in [-0.3, -0.25) is 4.79 Å². The molecule has 1 N–H and O–H groups in total. The van der Waals surface area contributed by atoms with Gasteiger partial charge in [-0.15, -0.1) is 0 Å². The summed E-state index contributed by atoms with van der Waals surface area (Å²) in [5.74, 6) is -2.59. The third-order valence-corrected chi connectivity index (χ3v) is 6.73. The third kappa shape index (κ3) is 2.84. The van der Waals surface area contributed by atoms with Crippen LogP contribution in [0.5, 0.6) is 0 Å². The monoisotopic (exact) mass is 403 g/mol. The van der Waals surface area contributed by atoms with E-state index in [2.05, 4.69) is 4.90 Å². The Morgan fingerprint density at radius 2 is 1.97 bits per heavy atom. The zero-order chi connectivity index (χ0) is 20.4. The summed E-state index contributed by atoms with van der Waals surface area (Å²) in [6.45, 7) is 2.10. The van der Waals surface area contributed by atoms with Crippen LogP contribution in [0.15, 0.2) is 17.1 Å². The van der Waals surface area contributed by atoms with Crippen molar-refractivity contribution in [3.8, 4) is 0 Å². The smallest absolute Gasteiger partial charge is 0.341 e. The lowest BCUT2D eigenvalue weighted by molar-refractivity contribution is 0.0695. The normalized spacial score (nSPS) is 24.9. The number of rotatable bonds is 3. The summed E-state index contributed by atoms with van der Waals surface area (Å²) in [5.41, 5.74) is -1.38. The SMILES string of the molecule is CN1CCC[C@@H]2CN(c3c(F)cc4c(=O)c(C(=O)O)cn(C5CC5)c4c3F)C[C@@H]21. The number of anilines is 1. The highest BCUT2D eigenvalue weighted by atomic mass is 19.1. The van der Waals surface area contributed by atoms with Crippen molar-refractivity contribution >= 4 is 22.6 Å². The van der Waals surface area contributed by atoms with Crippen molar-refractivity contribution in [2.45, 2.75) is 37.8 Å². The number of nitrogens with zero attached hydrogens (tertiary/aromatic N) is 3.